The van der Waals surface area contributed by atoms with Gasteiger partial charge in [-0.05, 0) is 36.7 Å². The first-order chi connectivity index (χ1) is 9.93. The monoisotopic (exact) mass is 313 g/mol. The molecule has 0 aromatic heterocycles. The molecule has 116 valence electrons. The molecule has 0 heterocycles. The van der Waals surface area contributed by atoms with E-state index in [0.29, 0.717) is 18.2 Å². The number of amides is 1. The molecular formula is C14H20FN3O2S. The molecule has 1 aromatic carbocycles. The van der Waals surface area contributed by atoms with E-state index in [1.54, 1.807) is 0 Å². The number of methoxy groups -OCH3 is 1. The van der Waals surface area contributed by atoms with Crippen LogP contribution in [0.15, 0.2) is 18.2 Å². The molecule has 0 saturated carbocycles. The van der Waals surface area contributed by atoms with Gasteiger partial charge in [0.1, 0.15) is 11.6 Å². The van der Waals surface area contributed by atoms with Crippen LogP contribution >= 0.6 is 12.2 Å². The fourth-order valence-corrected chi connectivity index (χ4v) is 1.66. The minimum Gasteiger partial charge on any atom is -0.497 e. The lowest BCUT2D eigenvalue weighted by atomic mass is 10.1. The molecule has 0 saturated heterocycles. The van der Waals surface area contributed by atoms with Gasteiger partial charge in [-0.2, -0.15) is 0 Å². The van der Waals surface area contributed by atoms with E-state index in [2.05, 4.69) is 30.0 Å². The lowest BCUT2D eigenvalue weighted by molar-refractivity contribution is 0.0939. The number of rotatable bonds is 5. The molecule has 5 nitrogen and oxygen atoms in total. The molecule has 0 spiro atoms. The van der Waals surface area contributed by atoms with Crippen LogP contribution in [0.1, 0.15) is 30.6 Å². The Labute approximate surface area is 129 Å². The second-order valence-corrected chi connectivity index (χ2v) is 5.27. The molecule has 1 aromatic rings. The molecule has 7 heteroatoms. The normalized spacial score (nSPS) is 10.1. The van der Waals surface area contributed by atoms with E-state index in [1.165, 1.54) is 19.2 Å². The largest absolute Gasteiger partial charge is 0.497 e. The predicted molar refractivity (Wildman–Crippen MR) is 83.6 cm³/mol. The van der Waals surface area contributed by atoms with Crippen LogP contribution < -0.4 is 20.9 Å². The second kappa shape index (κ2) is 8.41. The number of carbonyl (C=O) groups excluding carboxylic acids is 1. The van der Waals surface area contributed by atoms with Crippen LogP contribution in [0.4, 0.5) is 4.39 Å². The van der Waals surface area contributed by atoms with Crippen molar-refractivity contribution in [2.75, 3.05) is 13.7 Å². The molecule has 0 fully saturated rings. The average Bonchev–Trinajstić information content (AvgIpc) is 2.44. The van der Waals surface area contributed by atoms with Crippen molar-refractivity contribution in [1.29, 1.82) is 0 Å². The fraction of sp³-hybridized carbons (Fsp3) is 0.429. The molecule has 1 rings (SSSR count). The van der Waals surface area contributed by atoms with Crippen LogP contribution in [-0.4, -0.2) is 24.7 Å². The summed E-state index contributed by atoms with van der Waals surface area (Å²) in [6.07, 6.45) is 0.961. The van der Waals surface area contributed by atoms with Gasteiger partial charge in [0.05, 0.1) is 12.7 Å². The SMILES string of the molecule is COc1ccc(C(=O)NNC(=S)NCCC(C)C)c(F)c1. The zero-order valence-corrected chi connectivity index (χ0v) is 13.1. The highest BCUT2D eigenvalue weighted by Crippen LogP contribution is 2.15. The van der Waals surface area contributed by atoms with Crippen molar-refractivity contribution in [2.24, 2.45) is 5.92 Å². The van der Waals surface area contributed by atoms with Gasteiger partial charge in [0, 0.05) is 12.6 Å². The number of carbonyl (C=O) groups is 1. The molecule has 1 amide bonds. The average molecular weight is 313 g/mol. The van der Waals surface area contributed by atoms with Gasteiger partial charge in [-0.3, -0.25) is 15.6 Å². The van der Waals surface area contributed by atoms with Gasteiger partial charge in [-0.15, -0.1) is 0 Å². The van der Waals surface area contributed by atoms with Crippen molar-refractivity contribution in [2.45, 2.75) is 20.3 Å². The fourth-order valence-electron chi connectivity index (χ4n) is 1.51. The lowest BCUT2D eigenvalue weighted by Crippen LogP contribution is -2.47. The lowest BCUT2D eigenvalue weighted by Gasteiger charge is -2.12. The van der Waals surface area contributed by atoms with Gasteiger partial charge in [0.15, 0.2) is 5.11 Å². The Bertz CT molecular complexity index is 509. The molecule has 21 heavy (non-hydrogen) atoms. The van der Waals surface area contributed by atoms with Crippen molar-refractivity contribution in [3.8, 4) is 5.75 Å². The van der Waals surface area contributed by atoms with E-state index in [9.17, 15) is 9.18 Å². The van der Waals surface area contributed by atoms with Crippen molar-refractivity contribution in [3.05, 3.63) is 29.6 Å². The maximum Gasteiger partial charge on any atom is 0.272 e. The van der Waals surface area contributed by atoms with E-state index in [-0.39, 0.29) is 10.7 Å². The van der Waals surface area contributed by atoms with E-state index < -0.39 is 11.7 Å². The number of hydrogen-bond donors (Lipinski definition) is 3. The molecule has 0 radical (unpaired) electrons. The highest BCUT2D eigenvalue weighted by atomic mass is 32.1. The number of hydrogen-bond acceptors (Lipinski definition) is 3. The highest BCUT2D eigenvalue weighted by molar-refractivity contribution is 7.80. The summed E-state index contributed by atoms with van der Waals surface area (Å²) in [6.45, 7) is 4.91. The minimum atomic E-state index is -0.660. The predicted octanol–water partition coefficient (Wildman–Crippen LogP) is 1.99. The topological polar surface area (TPSA) is 62.4 Å². The van der Waals surface area contributed by atoms with Crippen molar-refractivity contribution in [3.63, 3.8) is 0 Å². The number of nitrogens with one attached hydrogen (secondary N) is 3. The second-order valence-electron chi connectivity index (χ2n) is 4.86. The molecule has 0 aliphatic carbocycles. The number of ether oxygens (including phenoxy) is 1. The molecule has 0 unspecified atom stereocenters. The summed E-state index contributed by atoms with van der Waals surface area (Å²) in [5.41, 5.74) is 4.79. The number of hydrazine groups is 1. The quantitative estimate of drug-likeness (QED) is 0.573. The van der Waals surface area contributed by atoms with Crippen molar-refractivity contribution in [1.82, 2.24) is 16.2 Å². The first-order valence-corrected chi connectivity index (χ1v) is 7.02. The first kappa shape index (κ1) is 17.2. The van der Waals surface area contributed by atoms with Gasteiger partial charge in [-0.25, -0.2) is 4.39 Å². The molecular weight excluding hydrogens is 293 g/mol. The summed E-state index contributed by atoms with van der Waals surface area (Å²) >= 11 is 5.00. The minimum absolute atomic E-state index is 0.0896. The van der Waals surface area contributed by atoms with E-state index >= 15 is 0 Å². The van der Waals surface area contributed by atoms with Gasteiger partial charge in [-0.1, -0.05) is 13.8 Å². The molecule has 3 N–H and O–H groups in total. The van der Waals surface area contributed by atoms with Gasteiger partial charge < -0.3 is 10.1 Å². The maximum absolute atomic E-state index is 13.7. The molecule has 0 aliphatic heterocycles. The Morgan fingerprint density at radius 1 is 1.38 bits per heavy atom. The third kappa shape index (κ3) is 5.95. The van der Waals surface area contributed by atoms with Crippen LogP contribution in [0.3, 0.4) is 0 Å². The van der Waals surface area contributed by atoms with E-state index in [0.717, 1.165) is 12.5 Å². The zero-order chi connectivity index (χ0) is 15.8. The maximum atomic E-state index is 13.7. The van der Waals surface area contributed by atoms with Crippen LogP contribution in [0.2, 0.25) is 0 Å². The first-order valence-electron chi connectivity index (χ1n) is 6.61. The third-order valence-electron chi connectivity index (χ3n) is 2.72. The Morgan fingerprint density at radius 2 is 2.10 bits per heavy atom. The standard InChI is InChI=1S/C14H20FN3O2S/c1-9(2)6-7-16-14(21)18-17-13(19)11-5-4-10(20-3)8-12(11)15/h4-5,8-9H,6-7H2,1-3H3,(H,17,19)(H2,16,18,21). The van der Waals surface area contributed by atoms with Gasteiger partial charge in [0.2, 0.25) is 0 Å². The molecule has 0 atom stereocenters. The van der Waals surface area contributed by atoms with E-state index in [4.69, 9.17) is 17.0 Å². The van der Waals surface area contributed by atoms with Crippen LogP contribution in [0.25, 0.3) is 0 Å². The Hall–Kier alpha value is -1.89. The Kier molecular flexibility index (Phi) is 6.87. The summed E-state index contributed by atoms with van der Waals surface area (Å²) in [6, 6.07) is 4.01. The number of thiocarbonyl (C=S) groups is 1. The smallest absolute Gasteiger partial charge is 0.272 e. The van der Waals surface area contributed by atoms with Gasteiger partial charge in [0.25, 0.3) is 5.91 Å². The summed E-state index contributed by atoms with van der Waals surface area (Å²) in [4.78, 5) is 11.8. The summed E-state index contributed by atoms with van der Waals surface area (Å²) in [5, 5.41) is 3.24. The van der Waals surface area contributed by atoms with Crippen LogP contribution in [0.5, 0.6) is 5.75 Å². The summed E-state index contributed by atoms with van der Waals surface area (Å²) in [5.74, 6) is -0.360. The molecule has 0 aliphatic rings. The number of halogens is 1. The highest BCUT2D eigenvalue weighted by Gasteiger charge is 2.12. The zero-order valence-electron chi connectivity index (χ0n) is 12.3. The van der Waals surface area contributed by atoms with Crippen LogP contribution in [-0.2, 0) is 0 Å². The summed E-state index contributed by atoms with van der Waals surface area (Å²) in [7, 11) is 1.43. The Morgan fingerprint density at radius 3 is 2.67 bits per heavy atom. The number of benzene rings is 1. The van der Waals surface area contributed by atoms with Crippen molar-refractivity contribution >= 4 is 23.2 Å². The Balaban J connectivity index is 2.45. The molecule has 0 bridgehead atoms. The summed E-state index contributed by atoms with van der Waals surface area (Å²) < 4.78 is 18.6. The third-order valence-corrected chi connectivity index (χ3v) is 2.96. The van der Waals surface area contributed by atoms with Crippen molar-refractivity contribution < 1.29 is 13.9 Å². The van der Waals surface area contributed by atoms with Crippen LogP contribution in [0, 0.1) is 11.7 Å². The van der Waals surface area contributed by atoms with E-state index in [1.807, 2.05) is 0 Å². The van der Waals surface area contributed by atoms with Gasteiger partial charge >= 0.3 is 0 Å².